The lowest BCUT2D eigenvalue weighted by Gasteiger charge is -2.19. The molecule has 7 heteroatoms. The van der Waals surface area contributed by atoms with Crippen LogP contribution in [-0.2, 0) is 4.74 Å². The maximum absolute atomic E-state index is 10.9. The number of anilines is 1. The molecular formula is C9H13N3O4. The third-order valence-corrected chi connectivity index (χ3v) is 2.51. The second-order valence-corrected chi connectivity index (χ2v) is 3.67. The van der Waals surface area contributed by atoms with Crippen LogP contribution in [0.4, 0.5) is 5.95 Å². The fraction of sp³-hybridized carbons (Fsp3) is 0.556. The molecule has 4 N–H and O–H groups in total. The van der Waals surface area contributed by atoms with Crippen molar-refractivity contribution < 1.29 is 14.9 Å². The zero-order valence-corrected chi connectivity index (χ0v) is 8.48. The lowest BCUT2D eigenvalue weighted by Crippen LogP contribution is -2.25. The van der Waals surface area contributed by atoms with E-state index < -0.39 is 24.0 Å². The first kappa shape index (κ1) is 11.1. The van der Waals surface area contributed by atoms with Crippen LogP contribution in [0.25, 0.3) is 0 Å². The highest BCUT2D eigenvalue weighted by Gasteiger charge is 2.35. The number of nitrogens with zero attached hydrogens (tertiary/aromatic N) is 2. The number of aliphatic hydroxyl groups excluding tert-OH is 2. The second kappa shape index (κ2) is 4.20. The summed E-state index contributed by atoms with van der Waals surface area (Å²) in [6.07, 6.45) is -0.154. The van der Waals surface area contributed by atoms with Crippen LogP contribution in [0.3, 0.4) is 0 Å². The molecule has 1 aliphatic heterocycles. The third-order valence-electron chi connectivity index (χ3n) is 2.51. The van der Waals surface area contributed by atoms with Crippen LogP contribution in [0.15, 0.2) is 17.1 Å². The average Bonchev–Trinajstić information content (AvgIpc) is 2.60. The van der Waals surface area contributed by atoms with E-state index in [0.29, 0.717) is 6.42 Å². The normalized spacial score (nSPS) is 29.5. The molecule has 0 amide bonds. The van der Waals surface area contributed by atoms with E-state index in [0.717, 1.165) is 0 Å². The summed E-state index contributed by atoms with van der Waals surface area (Å²) in [7, 11) is 0. The van der Waals surface area contributed by atoms with Gasteiger partial charge in [-0.2, -0.15) is 4.98 Å². The molecule has 3 unspecified atom stereocenters. The summed E-state index contributed by atoms with van der Waals surface area (Å²) in [5.41, 5.74) is 5.10. The summed E-state index contributed by atoms with van der Waals surface area (Å²) in [5.74, 6) is -0.0184. The predicted octanol–water partition coefficient (Wildman–Crippen LogP) is -1.53. The van der Waals surface area contributed by atoms with Crippen LogP contribution >= 0.6 is 0 Å². The summed E-state index contributed by atoms with van der Waals surface area (Å²) in [6.45, 7) is -0.166. The van der Waals surface area contributed by atoms with Gasteiger partial charge in [0.05, 0.1) is 12.7 Å². The van der Waals surface area contributed by atoms with Gasteiger partial charge in [-0.05, 0) is 0 Å². The summed E-state index contributed by atoms with van der Waals surface area (Å²) in [6, 6.07) is 1.23. The highest BCUT2D eigenvalue weighted by Crippen LogP contribution is 2.29. The zero-order valence-electron chi connectivity index (χ0n) is 8.48. The Kier molecular flexibility index (Phi) is 2.90. The van der Waals surface area contributed by atoms with Crippen LogP contribution in [-0.4, -0.2) is 38.6 Å². The molecule has 1 aliphatic rings. The van der Waals surface area contributed by atoms with Gasteiger partial charge in [0.2, 0.25) is 5.95 Å². The SMILES string of the molecule is Nc1nc(=O)ccn1C1OC(CO)CC1O. The maximum Gasteiger partial charge on any atom is 0.274 e. The molecular weight excluding hydrogens is 214 g/mol. The van der Waals surface area contributed by atoms with E-state index in [1.165, 1.54) is 16.8 Å². The number of nitrogens with two attached hydrogens (primary N) is 1. The highest BCUT2D eigenvalue weighted by atomic mass is 16.5. The Labute approximate surface area is 91.1 Å². The first-order valence-corrected chi connectivity index (χ1v) is 4.91. The van der Waals surface area contributed by atoms with E-state index in [-0.39, 0.29) is 12.6 Å². The largest absolute Gasteiger partial charge is 0.394 e. The maximum atomic E-state index is 10.9. The average molecular weight is 227 g/mol. The van der Waals surface area contributed by atoms with Gasteiger partial charge >= 0.3 is 0 Å². The molecule has 16 heavy (non-hydrogen) atoms. The summed E-state index contributed by atoms with van der Waals surface area (Å²) in [4.78, 5) is 14.4. The van der Waals surface area contributed by atoms with Crippen molar-refractivity contribution in [1.29, 1.82) is 0 Å². The van der Waals surface area contributed by atoms with E-state index in [4.69, 9.17) is 15.6 Å². The topological polar surface area (TPSA) is 111 Å². The lowest BCUT2D eigenvalue weighted by atomic mass is 10.2. The van der Waals surface area contributed by atoms with E-state index in [9.17, 15) is 9.90 Å². The van der Waals surface area contributed by atoms with Crippen LogP contribution in [0, 0.1) is 0 Å². The highest BCUT2D eigenvalue weighted by molar-refractivity contribution is 5.17. The molecule has 7 nitrogen and oxygen atoms in total. The molecule has 0 spiro atoms. The van der Waals surface area contributed by atoms with Gasteiger partial charge in [-0.25, -0.2) is 0 Å². The molecule has 0 aromatic carbocycles. The molecule has 1 aromatic heterocycles. The standard InChI is InChI=1S/C9H13N3O4/c10-9-11-7(15)1-2-12(9)8-6(14)3-5(4-13)16-8/h1-2,5-6,8,13-14H,3-4H2,(H2,10,11,15). The number of aliphatic hydroxyl groups is 2. The Morgan fingerprint density at radius 2 is 2.44 bits per heavy atom. The fourth-order valence-electron chi connectivity index (χ4n) is 1.74. The minimum absolute atomic E-state index is 0.0184. The molecule has 1 saturated heterocycles. The van der Waals surface area contributed by atoms with Crippen molar-refractivity contribution in [2.45, 2.75) is 24.9 Å². The number of nitrogen functional groups attached to an aromatic ring is 1. The molecule has 1 aromatic rings. The van der Waals surface area contributed by atoms with Gasteiger partial charge in [0.25, 0.3) is 5.56 Å². The molecule has 2 rings (SSSR count). The number of aromatic nitrogens is 2. The first-order valence-electron chi connectivity index (χ1n) is 4.91. The van der Waals surface area contributed by atoms with Gasteiger partial charge in [0, 0.05) is 18.7 Å². The number of rotatable bonds is 2. The molecule has 0 aliphatic carbocycles. The van der Waals surface area contributed by atoms with Crippen molar-refractivity contribution >= 4 is 5.95 Å². The van der Waals surface area contributed by atoms with Gasteiger partial charge in [0.1, 0.15) is 6.10 Å². The predicted molar refractivity (Wildman–Crippen MR) is 54.5 cm³/mol. The molecule has 3 atom stereocenters. The summed E-state index contributed by atoms with van der Waals surface area (Å²) >= 11 is 0. The monoisotopic (exact) mass is 227 g/mol. The van der Waals surface area contributed by atoms with Crippen molar-refractivity contribution in [3.05, 3.63) is 22.6 Å². The third kappa shape index (κ3) is 1.92. The number of ether oxygens (including phenoxy) is 1. The second-order valence-electron chi connectivity index (χ2n) is 3.67. The summed E-state index contributed by atoms with van der Waals surface area (Å²) < 4.78 is 6.75. The van der Waals surface area contributed by atoms with E-state index in [1.54, 1.807) is 0 Å². The summed E-state index contributed by atoms with van der Waals surface area (Å²) in [5, 5.41) is 18.6. The quantitative estimate of drug-likeness (QED) is 0.565. The smallest absolute Gasteiger partial charge is 0.274 e. The van der Waals surface area contributed by atoms with Crippen LogP contribution in [0.1, 0.15) is 12.6 Å². The molecule has 0 bridgehead atoms. The Balaban J connectivity index is 2.27. The minimum Gasteiger partial charge on any atom is -0.394 e. The number of hydrogen-bond donors (Lipinski definition) is 3. The zero-order chi connectivity index (χ0) is 11.7. The van der Waals surface area contributed by atoms with Gasteiger partial charge in [-0.1, -0.05) is 0 Å². The van der Waals surface area contributed by atoms with Crippen molar-refractivity contribution in [3.63, 3.8) is 0 Å². The van der Waals surface area contributed by atoms with Gasteiger partial charge in [-0.3, -0.25) is 9.36 Å². The van der Waals surface area contributed by atoms with Gasteiger partial charge in [-0.15, -0.1) is 0 Å². The van der Waals surface area contributed by atoms with E-state index >= 15 is 0 Å². The number of hydrogen-bond acceptors (Lipinski definition) is 6. The Morgan fingerprint density at radius 3 is 3.00 bits per heavy atom. The Morgan fingerprint density at radius 1 is 1.69 bits per heavy atom. The molecule has 88 valence electrons. The Bertz CT molecular complexity index is 433. The van der Waals surface area contributed by atoms with Crippen molar-refractivity contribution in [1.82, 2.24) is 9.55 Å². The van der Waals surface area contributed by atoms with E-state index in [1.807, 2.05) is 0 Å². The van der Waals surface area contributed by atoms with Crippen LogP contribution in [0.2, 0.25) is 0 Å². The minimum atomic E-state index is -0.774. The van der Waals surface area contributed by atoms with Gasteiger partial charge in [0.15, 0.2) is 6.23 Å². The molecule has 0 radical (unpaired) electrons. The van der Waals surface area contributed by atoms with Crippen LogP contribution in [0.5, 0.6) is 0 Å². The fourth-order valence-corrected chi connectivity index (χ4v) is 1.74. The molecule has 1 fully saturated rings. The van der Waals surface area contributed by atoms with Crippen molar-refractivity contribution in [2.24, 2.45) is 0 Å². The molecule has 2 heterocycles. The van der Waals surface area contributed by atoms with E-state index in [2.05, 4.69) is 4.98 Å². The van der Waals surface area contributed by atoms with Crippen LogP contribution < -0.4 is 11.3 Å². The van der Waals surface area contributed by atoms with Crippen molar-refractivity contribution in [2.75, 3.05) is 12.3 Å². The molecule has 0 saturated carbocycles. The van der Waals surface area contributed by atoms with Crippen molar-refractivity contribution in [3.8, 4) is 0 Å². The Hall–Kier alpha value is -1.44. The first-order chi connectivity index (χ1) is 7.61. The lowest BCUT2D eigenvalue weighted by molar-refractivity contribution is -0.0500. The van der Waals surface area contributed by atoms with Gasteiger partial charge < -0.3 is 20.7 Å².